The minimum Gasteiger partial charge on any atom is -0.496 e. The van der Waals surface area contributed by atoms with Crippen LogP contribution in [0.4, 0.5) is 9.18 Å². The Kier molecular flexibility index (Phi) is 6.14. The Hall–Kier alpha value is -2.60. The Labute approximate surface area is 140 Å². The van der Waals surface area contributed by atoms with Crippen LogP contribution in [0.15, 0.2) is 48.5 Å². The number of aliphatic hydroxyl groups is 1. The highest BCUT2D eigenvalue weighted by molar-refractivity contribution is 5.75. The van der Waals surface area contributed by atoms with Gasteiger partial charge in [-0.05, 0) is 24.6 Å². The Morgan fingerprint density at radius 2 is 1.88 bits per heavy atom. The van der Waals surface area contributed by atoms with Crippen molar-refractivity contribution in [3.05, 3.63) is 65.5 Å². The molecule has 128 valence electrons. The van der Waals surface area contributed by atoms with Crippen molar-refractivity contribution in [2.75, 3.05) is 13.7 Å². The van der Waals surface area contributed by atoms with Gasteiger partial charge in [0.1, 0.15) is 11.6 Å². The van der Waals surface area contributed by atoms with Crippen LogP contribution in [0.3, 0.4) is 0 Å². The molecule has 0 saturated carbocycles. The van der Waals surface area contributed by atoms with Gasteiger partial charge in [0.05, 0.1) is 31.4 Å². The first-order valence-electron chi connectivity index (χ1n) is 7.62. The summed E-state index contributed by atoms with van der Waals surface area (Å²) in [6.07, 6.45) is 0. The van der Waals surface area contributed by atoms with Gasteiger partial charge in [0.15, 0.2) is 0 Å². The van der Waals surface area contributed by atoms with Gasteiger partial charge in [-0.25, -0.2) is 9.18 Å². The van der Waals surface area contributed by atoms with Crippen LogP contribution in [0.1, 0.15) is 30.1 Å². The van der Waals surface area contributed by atoms with E-state index >= 15 is 0 Å². The second-order valence-electron chi connectivity index (χ2n) is 5.34. The number of nitrogens with one attached hydrogen (secondary N) is 2. The second-order valence-corrected chi connectivity index (χ2v) is 5.34. The SMILES string of the molecule is COc1cccc(F)c1[C@@H](C)NC(=O)N[C@H](CO)c1ccccc1. The van der Waals surface area contributed by atoms with E-state index < -0.39 is 23.9 Å². The van der Waals surface area contributed by atoms with Crippen molar-refractivity contribution in [2.24, 2.45) is 0 Å². The molecule has 0 aliphatic carbocycles. The van der Waals surface area contributed by atoms with E-state index in [1.54, 1.807) is 19.1 Å². The van der Waals surface area contributed by atoms with Crippen LogP contribution in [0.25, 0.3) is 0 Å². The molecule has 0 aliphatic heterocycles. The van der Waals surface area contributed by atoms with E-state index in [2.05, 4.69) is 10.6 Å². The Morgan fingerprint density at radius 3 is 2.50 bits per heavy atom. The summed E-state index contributed by atoms with van der Waals surface area (Å²) in [5.74, 6) is -0.0894. The smallest absolute Gasteiger partial charge is 0.315 e. The van der Waals surface area contributed by atoms with Crippen LogP contribution in [-0.2, 0) is 0 Å². The van der Waals surface area contributed by atoms with E-state index in [1.165, 1.54) is 13.2 Å². The summed E-state index contributed by atoms with van der Waals surface area (Å²) in [4.78, 5) is 12.2. The van der Waals surface area contributed by atoms with Gasteiger partial charge in [0.2, 0.25) is 0 Å². The molecule has 0 saturated heterocycles. The van der Waals surface area contributed by atoms with Crippen molar-refractivity contribution in [1.29, 1.82) is 0 Å². The fourth-order valence-corrected chi connectivity index (χ4v) is 2.50. The lowest BCUT2D eigenvalue weighted by Gasteiger charge is -2.21. The molecule has 0 heterocycles. The molecule has 0 bridgehead atoms. The third-order valence-electron chi connectivity index (χ3n) is 3.70. The van der Waals surface area contributed by atoms with E-state index in [0.29, 0.717) is 5.75 Å². The van der Waals surface area contributed by atoms with E-state index in [4.69, 9.17) is 4.74 Å². The lowest BCUT2D eigenvalue weighted by molar-refractivity contribution is 0.214. The van der Waals surface area contributed by atoms with Crippen molar-refractivity contribution in [3.63, 3.8) is 0 Å². The number of carbonyl (C=O) groups is 1. The maximum atomic E-state index is 14.0. The summed E-state index contributed by atoms with van der Waals surface area (Å²) in [7, 11) is 1.45. The highest BCUT2D eigenvalue weighted by Crippen LogP contribution is 2.27. The highest BCUT2D eigenvalue weighted by Gasteiger charge is 2.20. The molecule has 2 amide bonds. The molecule has 5 nitrogen and oxygen atoms in total. The summed E-state index contributed by atoms with van der Waals surface area (Å²) >= 11 is 0. The van der Waals surface area contributed by atoms with Gasteiger partial charge in [-0.15, -0.1) is 0 Å². The average Bonchev–Trinajstić information content (AvgIpc) is 2.59. The lowest BCUT2D eigenvalue weighted by atomic mass is 10.1. The van der Waals surface area contributed by atoms with Crippen LogP contribution in [0.5, 0.6) is 5.75 Å². The van der Waals surface area contributed by atoms with Crippen LogP contribution in [0, 0.1) is 5.82 Å². The second kappa shape index (κ2) is 8.31. The first-order chi connectivity index (χ1) is 11.6. The summed E-state index contributed by atoms with van der Waals surface area (Å²) in [6.45, 7) is 1.42. The van der Waals surface area contributed by atoms with Gasteiger partial charge < -0.3 is 20.5 Å². The van der Waals surface area contributed by atoms with Gasteiger partial charge >= 0.3 is 6.03 Å². The maximum Gasteiger partial charge on any atom is 0.315 e. The molecule has 0 aliphatic rings. The highest BCUT2D eigenvalue weighted by atomic mass is 19.1. The normalized spacial score (nSPS) is 13.0. The molecule has 24 heavy (non-hydrogen) atoms. The molecule has 0 radical (unpaired) electrons. The maximum absolute atomic E-state index is 14.0. The van der Waals surface area contributed by atoms with E-state index in [0.717, 1.165) is 5.56 Å². The summed E-state index contributed by atoms with van der Waals surface area (Å²) in [5.41, 5.74) is 1.06. The Bertz CT molecular complexity index is 679. The number of aliphatic hydroxyl groups excluding tert-OH is 1. The fourth-order valence-electron chi connectivity index (χ4n) is 2.50. The zero-order chi connectivity index (χ0) is 17.5. The number of benzene rings is 2. The molecule has 0 fully saturated rings. The van der Waals surface area contributed by atoms with E-state index in [9.17, 15) is 14.3 Å². The van der Waals surface area contributed by atoms with Crippen molar-refractivity contribution in [3.8, 4) is 5.75 Å². The molecule has 2 atom stereocenters. The minimum atomic E-state index is -0.601. The minimum absolute atomic E-state index is 0.241. The molecule has 0 spiro atoms. The number of rotatable bonds is 6. The molecule has 0 aromatic heterocycles. The zero-order valence-corrected chi connectivity index (χ0v) is 13.6. The number of amides is 2. The predicted octanol–water partition coefficient (Wildman–Crippen LogP) is 2.93. The molecular formula is C18H21FN2O3. The molecule has 2 aromatic rings. The molecule has 2 rings (SSSR count). The van der Waals surface area contributed by atoms with Crippen molar-refractivity contribution in [1.82, 2.24) is 10.6 Å². The predicted molar refractivity (Wildman–Crippen MR) is 89.3 cm³/mol. The number of hydrogen-bond acceptors (Lipinski definition) is 3. The van der Waals surface area contributed by atoms with E-state index in [1.807, 2.05) is 30.3 Å². The van der Waals surface area contributed by atoms with Crippen molar-refractivity contribution < 1.29 is 19.0 Å². The van der Waals surface area contributed by atoms with Crippen molar-refractivity contribution >= 4 is 6.03 Å². The third kappa shape index (κ3) is 4.23. The van der Waals surface area contributed by atoms with Crippen LogP contribution in [-0.4, -0.2) is 24.9 Å². The third-order valence-corrected chi connectivity index (χ3v) is 3.70. The molecule has 2 aromatic carbocycles. The topological polar surface area (TPSA) is 70.6 Å². The van der Waals surface area contributed by atoms with Crippen LogP contribution in [0.2, 0.25) is 0 Å². The monoisotopic (exact) mass is 332 g/mol. The molecule has 6 heteroatoms. The van der Waals surface area contributed by atoms with Crippen molar-refractivity contribution in [2.45, 2.75) is 19.0 Å². The zero-order valence-electron chi connectivity index (χ0n) is 13.6. The van der Waals surface area contributed by atoms with Crippen LogP contribution >= 0.6 is 0 Å². The largest absolute Gasteiger partial charge is 0.496 e. The van der Waals surface area contributed by atoms with Crippen LogP contribution < -0.4 is 15.4 Å². The first kappa shape index (κ1) is 17.7. The number of halogens is 1. The van der Waals surface area contributed by atoms with Gasteiger partial charge in [-0.2, -0.15) is 0 Å². The lowest BCUT2D eigenvalue weighted by Crippen LogP contribution is -2.40. The molecule has 3 N–H and O–H groups in total. The standard InChI is InChI=1S/C18H21FN2O3/c1-12(17-14(19)9-6-10-16(17)24-2)20-18(23)21-15(11-22)13-7-4-3-5-8-13/h3-10,12,15,22H,11H2,1-2H3,(H2,20,21,23)/t12-,15-/m1/s1. The summed E-state index contributed by atoms with van der Waals surface area (Å²) in [5, 5.41) is 14.8. The molecular weight excluding hydrogens is 311 g/mol. The number of urea groups is 1. The number of ether oxygens (including phenoxy) is 1. The summed E-state index contributed by atoms with van der Waals surface area (Å²) < 4.78 is 19.2. The summed E-state index contributed by atoms with van der Waals surface area (Å²) in [6, 6.07) is 12.0. The van der Waals surface area contributed by atoms with Gasteiger partial charge in [0.25, 0.3) is 0 Å². The quantitative estimate of drug-likeness (QED) is 0.762. The van der Waals surface area contributed by atoms with E-state index in [-0.39, 0.29) is 12.2 Å². The number of methoxy groups -OCH3 is 1. The van der Waals surface area contributed by atoms with Gasteiger partial charge in [-0.3, -0.25) is 0 Å². The molecule has 0 unspecified atom stereocenters. The Morgan fingerprint density at radius 1 is 1.17 bits per heavy atom. The van der Waals surface area contributed by atoms with Gasteiger partial charge in [-0.1, -0.05) is 36.4 Å². The fraction of sp³-hybridized carbons (Fsp3) is 0.278. The Balaban J connectivity index is 2.07. The average molecular weight is 332 g/mol. The number of hydrogen-bond donors (Lipinski definition) is 3. The number of carbonyl (C=O) groups excluding carboxylic acids is 1. The van der Waals surface area contributed by atoms with Gasteiger partial charge in [0, 0.05) is 0 Å². The first-order valence-corrected chi connectivity index (χ1v) is 7.62.